The minimum atomic E-state index is -0.945. The Morgan fingerprint density at radius 2 is 1.91 bits per heavy atom. The number of aryl methyl sites for hydroxylation is 1. The first-order chi connectivity index (χ1) is 15.4. The smallest absolute Gasteiger partial charge is 0.336 e. The van der Waals surface area contributed by atoms with Crippen molar-refractivity contribution < 1.29 is 14.3 Å². The molecule has 0 saturated heterocycles. The third-order valence-corrected chi connectivity index (χ3v) is 6.19. The molecular weight excluding hydrogens is 429 g/mol. The summed E-state index contributed by atoms with van der Waals surface area (Å²) in [6.07, 6.45) is 4.20. The van der Waals surface area contributed by atoms with Gasteiger partial charge in [-0.05, 0) is 73.7 Å². The van der Waals surface area contributed by atoms with Crippen LogP contribution < -0.4 is 0 Å². The minimum absolute atomic E-state index is 0.320. The van der Waals surface area contributed by atoms with Crippen molar-refractivity contribution in [3.05, 3.63) is 87.6 Å². The predicted octanol–water partition coefficient (Wildman–Crippen LogP) is 6.10. The molecule has 0 saturated carbocycles. The van der Waals surface area contributed by atoms with Gasteiger partial charge in [-0.3, -0.25) is 0 Å². The topological polar surface area (TPSA) is 68.0 Å². The van der Waals surface area contributed by atoms with Crippen LogP contribution in [0.2, 0.25) is 5.15 Å². The summed E-state index contributed by atoms with van der Waals surface area (Å²) < 4.78 is 14.9. The van der Waals surface area contributed by atoms with Crippen molar-refractivity contribution >= 4 is 40.1 Å². The van der Waals surface area contributed by atoms with Crippen molar-refractivity contribution in [2.45, 2.75) is 26.2 Å². The second-order valence-electron chi connectivity index (χ2n) is 7.84. The van der Waals surface area contributed by atoms with Gasteiger partial charge in [0.25, 0.3) is 0 Å². The van der Waals surface area contributed by atoms with Gasteiger partial charge in [0.15, 0.2) is 0 Å². The number of hydrogen-bond donors (Lipinski definition) is 1. The lowest BCUT2D eigenvalue weighted by atomic mass is 9.86. The maximum absolute atomic E-state index is 13.3. The highest BCUT2D eigenvalue weighted by atomic mass is 35.5. The lowest BCUT2D eigenvalue weighted by Gasteiger charge is -2.21. The van der Waals surface area contributed by atoms with E-state index in [1.54, 1.807) is 22.9 Å². The summed E-state index contributed by atoms with van der Waals surface area (Å²) >= 11 is 6.67. The molecule has 0 unspecified atom stereocenters. The van der Waals surface area contributed by atoms with E-state index in [2.05, 4.69) is 5.10 Å². The van der Waals surface area contributed by atoms with Crippen LogP contribution in [0.3, 0.4) is 0 Å². The Morgan fingerprint density at radius 3 is 2.66 bits per heavy atom. The number of nitrogens with zero attached hydrogens (tertiary/aromatic N) is 3. The molecule has 4 aromatic rings. The number of carboxylic acid groups (broad SMARTS) is 1. The molecule has 0 bridgehead atoms. The molecule has 1 N–H and O–H groups in total. The number of rotatable bonds is 3. The first kappa shape index (κ1) is 20.4. The van der Waals surface area contributed by atoms with E-state index in [4.69, 9.17) is 16.6 Å². The SMILES string of the molecule is Cc1nn(-c2ccc(F)cc2)c(Cl)c1/C=C1/CCCc2c1nc1ccccc1c2C(=O)O. The summed E-state index contributed by atoms with van der Waals surface area (Å²) in [5.41, 5.74) is 5.49. The van der Waals surface area contributed by atoms with Crippen molar-refractivity contribution in [3.8, 4) is 5.69 Å². The van der Waals surface area contributed by atoms with E-state index in [0.29, 0.717) is 39.4 Å². The summed E-state index contributed by atoms with van der Waals surface area (Å²) in [7, 11) is 0. The molecule has 0 atom stereocenters. The van der Waals surface area contributed by atoms with Crippen molar-refractivity contribution in [2.75, 3.05) is 0 Å². The van der Waals surface area contributed by atoms with E-state index in [1.165, 1.54) is 12.1 Å². The standard InChI is InChI=1S/C25H19ClFN3O2/c1-14-20(24(26)30(29-14)17-11-9-16(27)10-12-17)13-15-5-4-7-19-22(25(31)32)18-6-2-3-8-21(18)28-23(15)19/h2-3,6,8-13H,4-5,7H2,1H3,(H,31,32)/b15-13-. The zero-order valence-corrected chi connectivity index (χ0v) is 18.0. The van der Waals surface area contributed by atoms with E-state index in [0.717, 1.165) is 35.2 Å². The molecule has 0 fully saturated rings. The fourth-order valence-corrected chi connectivity index (χ4v) is 4.65. The molecule has 0 aliphatic heterocycles. The molecule has 0 amide bonds. The molecule has 2 aromatic heterocycles. The second-order valence-corrected chi connectivity index (χ2v) is 8.20. The Kier molecular flexibility index (Phi) is 5.02. The molecular formula is C25H19ClFN3O2. The number of carbonyl (C=O) groups is 1. The van der Waals surface area contributed by atoms with Gasteiger partial charge in [-0.1, -0.05) is 29.8 Å². The van der Waals surface area contributed by atoms with Crippen LogP contribution in [0, 0.1) is 12.7 Å². The molecule has 7 heteroatoms. The molecule has 32 heavy (non-hydrogen) atoms. The largest absolute Gasteiger partial charge is 0.478 e. The van der Waals surface area contributed by atoms with Gasteiger partial charge < -0.3 is 5.11 Å². The van der Waals surface area contributed by atoms with Gasteiger partial charge in [-0.2, -0.15) is 5.10 Å². The number of aromatic nitrogens is 3. The van der Waals surface area contributed by atoms with Gasteiger partial charge in [0.2, 0.25) is 0 Å². The molecule has 5 rings (SSSR count). The molecule has 160 valence electrons. The maximum atomic E-state index is 13.3. The molecule has 1 aliphatic carbocycles. The number of hydrogen-bond acceptors (Lipinski definition) is 3. The van der Waals surface area contributed by atoms with Gasteiger partial charge in [0.1, 0.15) is 11.0 Å². The Morgan fingerprint density at radius 1 is 1.16 bits per heavy atom. The summed E-state index contributed by atoms with van der Waals surface area (Å²) in [6.45, 7) is 1.86. The van der Waals surface area contributed by atoms with Gasteiger partial charge in [0.05, 0.1) is 28.2 Å². The molecule has 0 radical (unpaired) electrons. The van der Waals surface area contributed by atoms with Gasteiger partial charge in [-0.25, -0.2) is 18.9 Å². The first-order valence-corrected chi connectivity index (χ1v) is 10.7. The number of fused-ring (bicyclic) bond motifs is 2. The Balaban J connectivity index is 1.68. The number of carboxylic acids is 1. The van der Waals surface area contributed by atoms with E-state index in [9.17, 15) is 14.3 Å². The van der Waals surface area contributed by atoms with Crippen LogP contribution in [0.1, 0.15) is 45.7 Å². The zero-order chi connectivity index (χ0) is 22.4. The van der Waals surface area contributed by atoms with Crippen LogP contribution >= 0.6 is 11.6 Å². The Labute approximate surface area is 188 Å². The highest BCUT2D eigenvalue weighted by molar-refractivity contribution is 6.31. The zero-order valence-electron chi connectivity index (χ0n) is 17.3. The van der Waals surface area contributed by atoms with Crippen LogP contribution in [0.25, 0.3) is 28.2 Å². The summed E-state index contributed by atoms with van der Waals surface area (Å²) in [6, 6.07) is 13.3. The van der Waals surface area contributed by atoms with E-state index < -0.39 is 5.97 Å². The lowest BCUT2D eigenvalue weighted by molar-refractivity contribution is 0.0697. The third-order valence-electron chi connectivity index (χ3n) is 5.82. The van der Waals surface area contributed by atoms with E-state index in [1.807, 2.05) is 31.2 Å². The predicted molar refractivity (Wildman–Crippen MR) is 123 cm³/mol. The van der Waals surface area contributed by atoms with Crippen molar-refractivity contribution in [3.63, 3.8) is 0 Å². The summed E-state index contributed by atoms with van der Waals surface area (Å²) in [5.74, 6) is -1.28. The van der Waals surface area contributed by atoms with Gasteiger partial charge in [0, 0.05) is 10.9 Å². The van der Waals surface area contributed by atoms with Crippen molar-refractivity contribution in [1.29, 1.82) is 0 Å². The number of para-hydroxylation sites is 1. The fourth-order valence-electron chi connectivity index (χ4n) is 4.32. The molecule has 2 aromatic carbocycles. The monoisotopic (exact) mass is 447 g/mol. The lowest BCUT2D eigenvalue weighted by Crippen LogP contribution is -2.13. The van der Waals surface area contributed by atoms with E-state index >= 15 is 0 Å². The molecule has 2 heterocycles. The number of allylic oxidation sites excluding steroid dienone is 1. The quantitative estimate of drug-likeness (QED) is 0.412. The second kappa shape index (κ2) is 7.88. The van der Waals surface area contributed by atoms with Crippen molar-refractivity contribution in [1.82, 2.24) is 14.8 Å². The fraction of sp³-hybridized carbons (Fsp3) is 0.160. The number of aromatic carboxylic acids is 1. The molecule has 5 nitrogen and oxygen atoms in total. The Bertz CT molecular complexity index is 1410. The van der Waals surface area contributed by atoms with E-state index in [-0.39, 0.29) is 5.82 Å². The Hall–Kier alpha value is -3.51. The highest BCUT2D eigenvalue weighted by Crippen LogP contribution is 2.37. The third kappa shape index (κ3) is 3.37. The van der Waals surface area contributed by atoms with Crippen LogP contribution in [-0.4, -0.2) is 25.8 Å². The normalized spacial score (nSPS) is 14.7. The maximum Gasteiger partial charge on any atom is 0.336 e. The minimum Gasteiger partial charge on any atom is -0.478 e. The van der Waals surface area contributed by atoms with Gasteiger partial charge >= 0.3 is 5.97 Å². The summed E-state index contributed by atoms with van der Waals surface area (Å²) in [4.78, 5) is 17.0. The average molecular weight is 448 g/mol. The first-order valence-electron chi connectivity index (χ1n) is 10.3. The average Bonchev–Trinajstić information content (AvgIpc) is 3.06. The number of benzene rings is 2. The van der Waals surface area contributed by atoms with Crippen molar-refractivity contribution in [2.24, 2.45) is 0 Å². The van der Waals surface area contributed by atoms with Crippen LogP contribution in [0.15, 0.2) is 48.5 Å². The van der Waals surface area contributed by atoms with Gasteiger partial charge in [-0.15, -0.1) is 0 Å². The van der Waals surface area contributed by atoms with Crippen LogP contribution in [0.4, 0.5) is 4.39 Å². The molecule has 1 aliphatic rings. The number of halogens is 2. The summed E-state index contributed by atoms with van der Waals surface area (Å²) in [5, 5.41) is 15.5. The van der Waals surface area contributed by atoms with Crippen LogP contribution in [-0.2, 0) is 6.42 Å². The highest BCUT2D eigenvalue weighted by Gasteiger charge is 2.25. The molecule has 0 spiro atoms. The van der Waals surface area contributed by atoms with Crippen LogP contribution in [0.5, 0.6) is 0 Å². The number of pyridine rings is 1.